The second-order valence-corrected chi connectivity index (χ2v) is 7.03. The molecule has 0 aliphatic carbocycles. The van der Waals surface area contributed by atoms with Gasteiger partial charge in [-0.25, -0.2) is 0 Å². The van der Waals surface area contributed by atoms with Crippen molar-refractivity contribution in [3.63, 3.8) is 0 Å². The molecule has 3 heteroatoms. The topological polar surface area (TPSA) is 12.5 Å². The highest BCUT2D eigenvalue weighted by molar-refractivity contribution is 6.30. The van der Waals surface area contributed by atoms with E-state index in [1.807, 2.05) is 50.5 Å². The molecular weight excluding hydrogens is 354 g/mol. The van der Waals surface area contributed by atoms with Gasteiger partial charge in [-0.05, 0) is 49.5 Å². The van der Waals surface area contributed by atoms with E-state index in [1.54, 1.807) is 0 Å². The van der Waals surface area contributed by atoms with E-state index in [2.05, 4.69) is 53.4 Å². The second kappa shape index (κ2) is 9.40. The van der Waals surface area contributed by atoms with Crippen LogP contribution < -0.4 is 0 Å². The Kier molecular flexibility index (Phi) is 6.69. The largest absolute Gasteiger partial charge is 0.491 e. The lowest BCUT2D eigenvalue weighted by Crippen LogP contribution is -2.18. The van der Waals surface area contributed by atoms with Gasteiger partial charge in [0.2, 0.25) is 0 Å². The lowest BCUT2D eigenvalue weighted by molar-refractivity contribution is 0.233. The van der Waals surface area contributed by atoms with E-state index in [4.69, 9.17) is 16.3 Å². The van der Waals surface area contributed by atoms with Gasteiger partial charge in [0.05, 0.1) is 0 Å². The van der Waals surface area contributed by atoms with E-state index in [0.29, 0.717) is 11.6 Å². The first kappa shape index (κ1) is 19.2. The minimum absolute atomic E-state index is 0.605. The van der Waals surface area contributed by atoms with E-state index in [9.17, 15) is 0 Å². The summed E-state index contributed by atoms with van der Waals surface area (Å²) in [5.74, 6) is 0.867. The Hall–Kier alpha value is -2.55. The van der Waals surface area contributed by atoms with Crippen molar-refractivity contribution in [1.29, 1.82) is 0 Å². The van der Waals surface area contributed by atoms with Crippen LogP contribution in [-0.4, -0.2) is 32.1 Å². The fourth-order valence-corrected chi connectivity index (χ4v) is 3.00. The standard InChI is InChI=1S/C24H24ClNO/c1-26(2)17-18-27-24(21-13-15-22(25)16-14-21)23(19-9-5-3-6-10-19)20-11-7-4-8-12-20/h3-16H,17-18H2,1-2H3. The average molecular weight is 378 g/mol. The minimum atomic E-state index is 0.605. The molecule has 0 aliphatic rings. The second-order valence-electron chi connectivity index (χ2n) is 6.59. The van der Waals surface area contributed by atoms with E-state index in [0.717, 1.165) is 34.6 Å². The fourth-order valence-electron chi connectivity index (χ4n) is 2.87. The molecule has 0 saturated carbocycles. The van der Waals surface area contributed by atoms with Gasteiger partial charge in [-0.15, -0.1) is 0 Å². The molecule has 27 heavy (non-hydrogen) atoms. The number of hydrogen-bond donors (Lipinski definition) is 0. The normalized spacial score (nSPS) is 10.7. The zero-order valence-corrected chi connectivity index (χ0v) is 16.5. The van der Waals surface area contributed by atoms with Crippen molar-refractivity contribution in [3.05, 3.63) is 107 Å². The summed E-state index contributed by atoms with van der Waals surface area (Å²) in [5, 5.41) is 0.715. The Morgan fingerprint density at radius 1 is 0.741 bits per heavy atom. The number of rotatable bonds is 7. The molecule has 0 bridgehead atoms. The number of benzene rings is 3. The van der Waals surface area contributed by atoms with Crippen LogP contribution in [0.4, 0.5) is 0 Å². The lowest BCUT2D eigenvalue weighted by atomic mass is 9.94. The first-order valence-corrected chi connectivity index (χ1v) is 9.41. The number of nitrogens with zero attached hydrogens (tertiary/aromatic N) is 1. The highest BCUT2D eigenvalue weighted by Crippen LogP contribution is 2.33. The third-order valence-electron chi connectivity index (χ3n) is 4.24. The van der Waals surface area contributed by atoms with Gasteiger partial charge in [0.25, 0.3) is 0 Å². The van der Waals surface area contributed by atoms with Crippen molar-refractivity contribution in [2.24, 2.45) is 0 Å². The number of ether oxygens (including phenoxy) is 1. The smallest absolute Gasteiger partial charge is 0.135 e. The molecular formula is C24H24ClNO. The van der Waals surface area contributed by atoms with Crippen molar-refractivity contribution < 1.29 is 4.74 Å². The molecule has 138 valence electrons. The summed E-state index contributed by atoms with van der Waals surface area (Å²) >= 11 is 6.11. The summed E-state index contributed by atoms with van der Waals surface area (Å²) in [4.78, 5) is 2.12. The number of halogens is 1. The Balaban J connectivity index is 2.16. The van der Waals surface area contributed by atoms with Crippen molar-refractivity contribution >= 4 is 22.9 Å². The molecule has 0 amide bonds. The molecule has 0 heterocycles. The summed E-state index contributed by atoms with van der Waals surface area (Å²) in [5.41, 5.74) is 4.34. The van der Waals surface area contributed by atoms with E-state index < -0.39 is 0 Å². The van der Waals surface area contributed by atoms with E-state index in [-0.39, 0.29) is 0 Å². The molecule has 2 nitrogen and oxygen atoms in total. The van der Waals surface area contributed by atoms with Crippen LogP contribution >= 0.6 is 11.6 Å². The first-order valence-electron chi connectivity index (χ1n) is 9.04. The zero-order valence-electron chi connectivity index (χ0n) is 15.7. The molecule has 0 N–H and O–H groups in total. The summed E-state index contributed by atoms with van der Waals surface area (Å²) in [7, 11) is 4.09. The van der Waals surface area contributed by atoms with Crippen LogP contribution in [0.3, 0.4) is 0 Å². The highest BCUT2D eigenvalue weighted by atomic mass is 35.5. The Labute approximate surface area is 166 Å². The predicted molar refractivity (Wildman–Crippen MR) is 115 cm³/mol. The van der Waals surface area contributed by atoms with Crippen molar-refractivity contribution in [1.82, 2.24) is 4.90 Å². The molecule has 0 aliphatic heterocycles. The van der Waals surface area contributed by atoms with Crippen molar-refractivity contribution in [2.45, 2.75) is 0 Å². The molecule has 3 aromatic rings. The summed E-state index contributed by atoms with van der Waals surface area (Å²) < 4.78 is 6.34. The Morgan fingerprint density at radius 2 is 1.26 bits per heavy atom. The molecule has 0 atom stereocenters. The molecule has 3 rings (SSSR count). The van der Waals surface area contributed by atoms with Crippen LogP contribution in [0.2, 0.25) is 5.02 Å². The van der Waals surface area contributed by atoms with Gasteiger partial charge in [-0.1, -0.05) is 72.3 Å². The molecule has 0 saturated heterocycles. The maximum atomic E-state index is 6.34. The van der Waals surface area contributed by atoms with Gasteiger partial charge in [0, 0.05) is 22.7 Å². The van der Waals surface area contributed by atoms with Gasteiger partial charge in [-0.3, -0.25) is 0 Å². The highest BCUT2D eigenvalue weighted by Gasteiger charge is 2.15. The molecule has 0 radical (unpaired) electrons. The van der Waals surface area contributed by atoms with Crippen LogP contribution in [0, 0.1) is 0 Å². The zero-order chi connectivity index (χ0) is 19.1. The van der Waals surface area contributed by atoms with Crippen LogP contribution in [-0.2, 0) is 4.74 Å². The Bertz CT molecular complexity index is 830. The molecule has 0 unspecified atom stereocenters. The first-order chi connectivity index (χ1) is 13.1. The lowest BCUT2D eigenvalue weighted by Gasteiger charge is -2.19. The van der Waals surface area contributed by atoms with Crippen LogP contribution in [0.15, 0.2) is 84.9 Å². The fraction of sp³-hybridized carbons (Fsp3) is 0.167. The molecule has 0 spiro atoms. The monoisotopic (exact) mass is 377 g/mol. The van der Waals surface area contributed by atoms with Gasteiger partial charge < -0.3 is 9.64 Å². The molecule has 0 fully saturated rings. The summed E-state index contributed by atoms with van der Waals surface area (Å²) in [6.07, 6.45) is 0. The maximum absolute atomic E-state index is 6.34. The number of hydrogen-bond acceptors (Lipinski definition) is 2. The van der Waals surface area contributed by atoms with Crippen LogP contribution in [0.1, 0.15) is 16.7 Å². The molecule has 0 aromatic heterocycles. The minimum Gasteiger partial charge on any atom is -0.491 e. The summed E-state index contributed by atoms with van der Waals surface area (Å²) in [6, 6.07) is 28.6. The van der Waals surface area contributed by atoms with Gasteiger partial charge in [-0.2, -0.15) is 0 Å². The van der Waals surface area contributed by atoms with Crippen molar-refractivity contribution in [3.8, 4) is 0 Å². The van der Waals surface area contributed by atoms with Gasteiger partial charge in [0.15, 0.2) is 0 Å². The summed E-state index contributed by atoms with van der Waals surface area (Å²) in [6.45, 7) is 1.45. The Morgan fingerprint density at radius 3 is 1.74 bits per heavy atom. The maximum Gasteiger partial charge on any atom is 0.135 e. The van der Waals surface area contributed by atoms with E-state index >= 15 is 0 Å². The van der Waals surface area contributed by atoms with Gasteiger partial charge in [0.1, 0.15) is 12.4 Å². The third kappa shape index (κ3) is 5.22. The van der Waals surface area contributed by atoms with Crippen LogP contribution in [0.5, 0.6) is 0 Å². The SMILES string of the molecule is CN(C)CCOC(=C(c1ccccc1)c1ccccc1)c1ccc(Cl)cc1. The quantitative estimate of drug-likeness (QED) is 0.379. The predicted octanol–water partition coefficient (Wildman–Crippen LogP) is 5.83. The molecule has 3 aromatic carbocycles. The third-order valence-corrected chi connectivity index (χ3v) is 4.50. The number of likely N-dealkylation sites (N-methyl/N-ethyl adjacent to an activating group) is 1. The van der Waals surface area contributed by atoms with Crippen LogP contribution in [0.25, 0.3) is 11.3 Å². The van der Waals surface area contributed by atoms with E-state index in [1.165, 1.54) is 0 Å². The van der Waals surface area contributed by atoms with Gasteiger partial charge >= 0.3 is 0 Å². The average Bonchev–Trinajstić information content (AvgIpc) is 2.69. The van der Waals surface area contributed by atoms with Crippen molar-refractivity contribution in [2.75, 3.05) is 27.2 Å².